The molecule has 1 aliphatic heterocycles. The van der Waals surface area contributed by atoms with Gasteiger partial charge in [-0.25, -0.2) is 0 Å². The Hall–Kier alpha value is -2.68. The van der Waals surface area contributed by atoms with E-state index in [9.17, 15) is 9.90 Å². The second-order valence-corrected chi connectivity index (χ2v) is 8.81. The van der Waals surface area contributed by atoms with E-state index in [-0.39, 0.29) is 11.4 Å². The second kappa shape index (κ2) is 7.78. The molecule has 8 heteroatoms. The number of carbonyl (C=O) groups is 1. The maximum Gasteiger partial charge on any atom is 0.274 e. The van der Waals surface area contributed by atoms with Crippen LogP contribution in [0.1, 0.15) is 52.9 Å². The third-order valence-electron chi connectivity index (χ3n) is 7.05. The molecule has 2 aromatic heterocycles. The summed E-state index contributed by atoms with van der Waals surface area (Å²) in [6, 6.07) is 9.96. The van der Waals surface area contributed by atoms with Gasteiger partial charge in [0.15, 0.2) is 5.69 Å². The molecule has 0 bridgehead atoms. The van der Waals surface area contributed by atoms with E-state index in [0.29, 0.717) is 31.8 Å². The van der Waals surface area contributed by atoms with Gasteiger partial charge in [-0.2, -0.15) is 5.10 Å². The van der Waals surface area contributed by atoms with Crippen molar-refractivity contribution in [2.75, 3.05) is 27.3 Å². The number of hydrogen-bond donors (Lipinski definition) is 3. The topological polar surface area (TPSA) is 97.5 Å². The molecule has 164 valence electrons. The lowest BCUT2D eigenvalue weighted by molar-refractivity contribution is -0.0198. The first-order valence-corrected chi connectivity index (χ1v) is 10.9. The molecule has 5 rings (SSSR count). The Kier molecular flexibility index (Phi) is 5.08. The van der Waals surface area contributed by atoms with Gasteiger partial charge in [-0.3, -0.25) is 14.8 Å². The largest absolute Gasteiger partial charge is 0.382 e. The van der Waals surface area contributed by atoms with Crippen molar-refractivity contribution in [3.05, 3.63) is 53.0 Å². The van der Waals surface area contributed by atoms with Crippen LogP contribution in [0.4, 0.5) is 0 Å². The van der Waals surface area contributed by atoms with Crippen molar-refractivity contribution in [1.29, 1.82) is 0 Å². The van der Waals surface area contributed by atoms with E-state index in [2.05, 4.69) is 15.2 Å². The lowest BCUT2D eigenvalue weighted by atomic mass is 9.76. The summed E-state index contributed by atoms with van der Waals surface area (Å²) in [6.07, 6.45) is 2.92. The maximum absolute atomic E-state index is 13.4. The fourth-order valence-corrected chi connectivity index (χ4v) is 4.94. The van der Waals surface area contributed by atoms with Crippen LogP contribution in [0.25, 0.3) is 10.9 Å². The van der Waals surface area contributed by atoms with E-state index in [1.54, 1.807) is 7.11 Å². The van der Waals surface area contributed by atoms with Gasteiger partial charge >= 0.3 is 0 Å². The summed E-state index contributed by atoms with van der Waals surface area (Å²) < 4.78 is 5.41. The number of amides is 1. The molecule has 3 N–H and O–H groups in total. The molecule has 1 unspecified atom stereocenters. The molecule has 3 heterocycles. The van der Waals surface area contributed by atoms with Crippen LogP contribution < -0.4 is 0 Å². The number of H-pyrrole nitrogens is 2. The van der Waals surface area contributed by atoms with Crippen molar-refractivity contribution in [2.45, 2.75) is 44.0 Å². The van der Waals surface area contributed by atoms with Crippen LogP contribution in [0.15, 0.2) is 30.3 Å². The van der Waals surface area contributed by atoms with Crippen molar-refractivity contribution < 1.29 is 14.6 Å². The quantitative estimate of drug-likeness (QED) is 0.566. The number of aromatic nitrogens is 3. The number of nitrogens with one attached hydrogen (secondary N) is 2. The minimum Gasteiger partial charge on any atom is -0.382 e. The third kappa shape index (κ3) is 3.35. The fraction of sp³-hybridized carbons (Fsp3) is 0.478. The van der Waals surface area contributed by atoms with Crippen LogP contribution in [0, 0.1) is 0 Å². The molecule has 1 saturated carbocycles. The molecule has 2 aliphatic rings. The zero-order chi connectivity index (χ0) is 21.6. The van der Waals surface area contributed by atoms with Crippen molar-refractivity contribution >= 4 is 16.8 Å². The average molecular weight is 424 g/mol. The van der Waals surface area contributed by atoms with Crippen LogP contribution in [-0.4, -0.2) is 68.8 Å². The van der Waals surface area contributed by atoms with Crippen molar-refractivity contribution in [3.63, 3.8) is 0 Å². The highest BCUT2D eigenvalue weighted by atomic mass is 16.5. The number of fused-ring (bicyclic) bond motifs is 2. The first-order valence-electron chi connectivity index (χ1n) is 10.9. The molecule has 1 atom stereocenters. The van der Waals surface area contributed by atoms with Gasteiger partial charge in [-0.15, -0.1) is 0 Å². The number of aliphatic hydroxyl groups excluding tert-OH is 1. The molecule has 1 aromatic carbocycles. The number of benzene rings is 1. The number of methoxy groups -OCH3 is 1. The highest BCUT2D eigenvalue weighted by Crippen LogP contribution is 2.38. The molecule has 1 aliphatic carbocycles. The van der Waals surface area contributed by atoms with Crippen LogP contribution in [0.2, 0.25) is 0 Å². The molecule has 1 fully saturated rings. The number of ether oxygens (including phenoxy) is 1. The normalized spacial score (nSPS) is 19.1. The standard InChI is InChI=1S/C23H29N5O3/c1-27(23(14-31-2)9-5-10-23)22(30)20-16-13-28(11-8-18(16)25-26-20)21(29)19-12-15-6-3-4-7-17(15)24-19/h3-4,6-7,12,21,24,29H,5,8-11,13-14H2,1-2H3,(H,25,26). The SMILES string of the molecule is COCC1(N(C)C(=O)c2n[nH]c3c2CN(C(O)c2cc4ccccc4[nH]2)CC3)CCC1. The van der Waals surface area contributed by atoms with Gasteiger partial charge in [0.05, 0.1) is 17.8 Å². The van der Waals surface area contributed by atoms with E-state index in [4.69, 9.17) is 4.74 Å². The number of para-hydroxylation sites is 1. The molecular formula is C23H29N5O3. The summed E-state index contributed by atoms with van der Waals surface area (Å²) in [5, 5.41) is 19.6. The van der Waals surface area contributed by atoms with Crippen molar-refractivity contribution in [2.24, 2.45) is 0 Å². The van der Waals surface area contributed by atoms with Crippen LogP contribution in [0.5, 0.6) is 0 Å². The number of carbonyl (C=O) groups excluding carboxylic acids is 1. The van der Waals surface area contributed by atoms with Gasteiger partial charge in [0, 0.05) is 50.4 Å². The lowest BCUT2D eigenvalue weighted by Crippen LogP contribution is -2.57. The van der Waals surface area contributed by atoms with E-state index < -0.39 is 6.23 Å². The molecule has 8 nitrogen and oxygen atoms in total. The average Bonchev–Trinajstić information content (AvgIpc) is 3.38. The summed E-state index contributed by atoms with van der Waals surface area (Å²) >= 11 is 0. The molecule has 3 aromatic rings. The van der Waals surface area contributed by atoms with Crippen molar-refractivity contribution in [3.8, 4) is 0 Å². The number of likely N-dealkylation sites (N-methyl/N-ethyl adjacent to an activating group) is 1. The second-order valence-electron chi connectivity index (χ2n) is 8.81. The monoisotopic (exact) mass is 423 g/mol. The van der Waals surface area contributed by atoms with Crippen LogP contribution in [-0.2, 0) is 17.7 Å². The Balaban J connectivity index is 1.37. The number of hydrogen-bond acceptors (Lipinski definition) is 5. The van der Waals surface area contributed by atoms with Gasteiger partial charge in [0.25, 0.3) is 5.91 Å². The highest BCUT2D eigenvalue weighted by Gasteiger charge is 2.44. The van der Waals surface area contributed by atoms with Gasteiger partial charge in [-0.05, 0) is 36.8 Å². The van der Waals surface area contributed by atoms with Gasteiger partial charge in [0.2, 0.25) is 0 Å². The van der Waals surface area contributed by atoms with Crippen LogP contribution in [0.3, 0.4) is 0 Å². The predicted molar refractivity (Wildman–Crippen MR) is 117 cm³/mol. The Morgan fingerprint density at radius 2 is 2.19 bits per heavy atom. The number of aromatic amines is 2. The third-order valence-corrected chi connectivity index (χ3v) is 7.05. The Labute approximate surface area is 181 Å². The van der Waals surface area contributed by atoms with Crippen LogP contribution >= 0.6 is 0 Å². The first-order chi connectivity index (χ1) is 15.0. The minimum atomic E-state index is -0.775. The summed E-state index contributed by atoms with van der Waals surface area (Å²) in [7, 11) is 3.53. The number of nitrogens with zero attached hydrogens (tertiary/aromatic N) is 3. The van der Waals surface area contributed by atoms with E-state index in [1.165, 1.54) is 0 Å². The van der Waals surface area contributed by atoms with Gasteiger partial charge in [-0.1, -0.05) is 18.2 Å². The Morgan fingerprint density at radius 1 is 1.39 bits per heavy atom. The number of aliphatic hydroxyl groups is 1. The molecule has 0 saturated heterocycles. The molecular weight excluding hydrogens is 394 g/mol. The Morgan fingerprint density at radius 3 is 2.90 bits per heavy atom. The summed E-state index contributed by atoms with van der Waals surface area (Å²) in [6.45, 7) is 1.68. The smallest absolute Gasteiger partial charge is 0.274 e. The van der Waals surface area contributed by atoms with Crippen molar-refractivity contribution in [1.82, 2.24) is 25.0 Å². The fourth-order valence-electron chi connectivity index (χ4n) is 4.94. The molecule has 31 heavy (non-hydrogen) atoms. The molecule has 0 radical (unpaired) electrons. The Bertz CT molecular complexity index is 1070. The number of rotatable bonds is 6. The zero-order valence-electron chi connectivity index (χ0n) is 18.0. The van der Waals surface area contributed by atoms with E-state index in [0.717, 1.165) is 47.1 Å². The minimum absolute atomic E-state index is 0.0869. The van der Waals surface area contributed by atoms with Gasteiger partial charge < -0.3 is 19.7 Å². The first kappa shape index (κ1) is 20.2. The van der Waals surface area contributed by atoms with E-state index in [1.807, 2.05) is 47.2 Å². The molecule has 1 amide bonds. The maximum atomic E-state index is 13.4. The highest BCUT2D eigenvalue weighted by molar-refractivity contribution is 5.94. The summed E-state index contributed by atoms with van der Waals surface area (Å²) in [5.41, 5.74) is 3.83. The predicted octanol–water partition coefficient (Wildman–Crippen LogP) is 2.58. The molecule has 0 spiro atoms. The lowest BCUT2D eigenvalue weighted by Gasteiger charge is -2.48. The zero-order valence-corrected chi connectivity index (χ0v) is 18.0. The summed E-state index contributed by atoms with van der Waals surface area (Å²) in [5.74, 6) is -0.0869. The summed E-state index contributed by atoms with van der Waals surface area (Å²) in [4.78, 5) is 20.5. The van der Waals surface area contributed by atoms with Gasteiger partial charge in [0.1, 0.15) is 6.23 Å². The van der Waals surface area contributed by atoms with E-state index >= 15 is 0 Å².